The normalized spacial score (nSPS) is 18.8. The molecule has 33 heavy (non-hydrogen) atoms. The molecule has 0 bridgehead atoms. The predicted molar refractivity (Wildman–Crippen MR) is 118 cm³/mol. The summed E-state index contributed by atoms with van der Waals surface area (Å²) in [6, 6.07) is 15.7. The van der Waals surface area contributed by atoms with Gasteiger partial charge >= 0.3 is 0 Å². The van der Waals surface area contributed by atoms with Crippen molar-refractivity contribution in [1.82, 2.24) is 4.98 Å². The van der Waals surface area contributed by atoms with Crippen LogP contribution in [0, 0.1) is 11.3 Å². The third-order valence-corrected chi connectivity index (χ3v) is 5.53. The summed E-state index contributed by atoms with van der Waals surface area (Å²) >= 11 is 0. The summed E-state index contributed by atoms with van der Waals surface area (Å²) in [5, 5.41) is 20.3. The fourth-order valence-electron chi connectivity index (χ4n) is 3.99. The van der Waals surface area contributed by atoms with Gasteiger partial charge in [0.2, 0.25) is 0 Å². The van der Waals surface area contributed by atoms with E-state index in [1.165, 1.54) is 4.90 Å². The maximum absolute atomic E-state index is 13.2. The number of hydrogen-bond donors (Lipinski definition) is 1. The second-order valence-electron chi connectivity index (χ2n) is 7.47. The van der Waals surface area contributed by atoms with E-state index in [1.807, 2.05) is 6.07 Å². The number of carbonyl (C=O) groups is 2. The molecule has 1 aromatic heterocycles. The number of nitriles is 1. The molecule has 1 fully saturated rings. The van der Waals surface area contributed by atoms with E-state index in [4.69, 9.17) is 14.7 Å². The topological polar surface area (TPSA) is 113 Å². The number of benzene rings is 2. The van der Waals surface area contributed by atoms with Crippen LogP contribution in [0.2, 0.25) is 0 Å². The molecule has 1 saturated heterocycles. The van der Waals surface area contributed by atoms with Crippen molar-refractivity contribution in [3.63, 3.8) is 0 Å². The summed E-state index contributed by atoms with van der Waals surface area (Å²) in [4.78, 5) is 31.7. The Hall–Kier alpha value is -4.64. The van der Waals surface area contributed by atoms with Crippen molar-refractivity contribution < 1.29 is 24.2 Å². The van der Waals surface area contributed by atoms with E-state index < -0.39 is 17.7 Å². The van der Waals surface area contributed by atoms with Gasteiger partial charge in [0.25, 0.3) is 11.7 Å². The highest BCUT2D eigenvalue weighted by Gasteiger charge is 2.47. The van der Waals surface area contributed by atoms with Gasteiger partial charge in [-0.3, -0.25) is 19.5 Å². The van der Waals surface area contributed by atoms with Crippen molar-refractivity contribution in [1.29, 1.82) is 5.26 Å². The lowest BCUT2D eigenvalue weighted by Gasteiger charge is -2.25. The average molecular weight is 439 g/mol. The van der Waals surface area contributed by atoms with Crippen molar-refractivity contribution in [3.05, 3.63) is 89.3 Å². The van der Waals surface area contributed by atoms with Gasteiger partial charge in [-0.25, -0.2) is 0 Å². The zero-order valence-electron chi connectivity index (χ0n) is 17.3. The Labute approximate surface area is 188 Å². The Morgan fingerprint density at radius 1 is 1.06 bits per heavy atom. The van der Waals surface area contributed by atoms with E-state index >= 15 is 0 Å². The van der Waals surface area contributed by atoms with Crippen molar-refractivity contribution in [2.45, 2.75) is 6.04 Å². The summed E-state index contributed by atoms with van der Waals surface area (Å²) in [5.74, 6) is -0.937. The number of rotatable bonds is 3. The molecule has 1 atom stereocenters. The van der Waals surface area contributed by atoms with Gasteiger partial charge in [0.05, 0.1) is 23.2 Å². The molecule has 0 saturated carbocycles. The number of ether oxygens (including phenoxy) is 2. The molecule has 1 N–H and O–H groups in total. The van der Waals surface area contributed by atoms with Crippen LogP contribution in [0.5, 0.6) is 11.5 Å². The Morgan fingerprint density at radius 3 is 2.52 bits per heavy atom. The third-order valence-electron chi connectivity index (χ3n) is 5.53. The molecule has 1 unspecified atom stereocenters. The molecule has 5 rings (SSSR count). The number of hydrogen-bond acceptors (Lipinski definition) is 7. The van der Waals surface area contributed by atoms with Crippen LogP contribution in [-0.2, 0) is 9.59 Å². The molecule has 2 aliphatic heterocycles. The number of fused-ring (bicyclic) bond motifs is 1. The average Bonchev–Trinajstić information content (AvgIpc) is 3.14. The van der Waals surface area contributed by atoms with Crippen LogP contribution >= 0.6 is 0 Å². The first-order chi connectivity index (χ1) is 16.1. The summed E-state index contributed by atoms with van der Waals surface area (Å²) in [6.45, 7) is 0.797. The third kappa shape index (κ3) is 3.46. The minimum Gasteiger partial charge on any atom is -0.507 e. The second kappa shape index (κ2) is 8.13. The molecule has 3 aromatic rings. The standard InChI is InChI=1S/C25H17N3O5/c26-13-15-3-6-18(7-4-15)28-22(17-2-1-9-27-14-17)21(24(30)25(28)31)23(29)16-5-8-19-20(12-16)33-11-10-32-19/h1-9,12,14,22,29H,10-11H2/b23-21-. The molecule has 0 spiro atoms. The van der Waals surface area contributed by atoms with Crippen molar-refractivity contribution in [3.8, 4) is 17.6 Å². The Kier molecular flexibility index (Phi) is 4.99. The molecular weight excluding hydrogens is 422 g/mol. The summed E-state index contributed by atoms with van der Waals surface area (Å²) in [5.41, 5.74) is 1.66. The second-order valence-corrected chi connectivity index (χ2v) is 7.47. The van der Waals surface area contributed by atoms with Crippen LogP contribution in [0.1, 0.15) is 22.7 Å². The van der Waals surface area contributed by atoms with Crippen LogP contribution in [0.3, 0.4) is 0 Å². The lowest BCUT2D eigenvalue weighted by Crippen LogP contribution is -2.29. The number of nitrogens with zero attached hydrogens (tertiary/aromatic N) is 3. The molecule has 1 amide bonds. The zero-order valence-corrected chi connectivity index (χ0v) is 17.3. The molecule has 2 aromatic carbocycles. The van der Waals surface area contributed by atoms with Gasteiger partial charge in [-0.1, -0.05) is 6.07 Å². The fraction of sp³-hybridized carbons (Fsp3) is 0.120. The van der Waals surface area contributed by atoms with Crippen molar-refractivity contribution in [2.75, 3.05) is 18.1 Å². The molecule has 8 nitrogen and oxygen atoms in total. The van der Waals surface area contributed by atoms with Gasteiger partial charge in [-0.15, -0.1) is 0 Å². The van der Waals surface area contributed by atoms with Gasteiger partial charge in [-0.05, 0) is 54.1 Å². The van der Waals surface area contributed by atoms with E-state index in [9.17, 15) is 14.7 Å². The Balaban J connectivity index is 1.67. The quantitative estimate of drug-likeness (QED) is 0.378. The fourth-order valence-corrected chi connectivity index (χ4v) is 3.99. The Morgan fingerprint density at radius 2 is 1.82 bits per heavy atom. The van der Waals surface area contributed by atoms with Gasteiger partial charge in [0.15, 0.2) is 11.5 Å². The minimum atomic E-state index is -0.903. The molecule has 2 aliphatic rings. The largest absolute Gasteiger partial charge is 0.507 e. The number of carbonyl (C=O) groups excluding carboxylic acids is 2. The molecule has 0 radical (unpaired) electrons. The van der Waals surface area contributed by atoms with E-state index in [0.717, 1.165) is 0 Å². The maximum Gasteiger partial charge on any atom is 0.300 e. The van der Waals surface area contributed by atoms with E-state index in [-0.39, 0.29) is 11.3 Å². The number of aliphatic hydroxyl groups is 1. The predicted octanol–water partition coefficient (Wildman–Crippen LogP) is 3.35. The van der Waals surface area contributed by atoms with Crippen LogP contribution in [-0.4, -0.2) is 35.0 Å². The first-order valence-electron chi connectivity index (χ1n) is 10.2. The lowest BCUT2D eigenvalue weighted by atomic mass is 9.96. The van der Waals surface area contributed by atoms with Gasteiger partial charge < -0.3 is 14.6 Å². The first kappa shape index (κ1) is 20.3. The van der Waals surface area contributed by atoms with Gasteiger partial charge in [-0.2, -0.15) is 5.26 Å². The molecular formula is C25H17N3O5. The van der Waals surface area contributed by atoms with Crippen LogP contribution in [0.4, 0.5) is 5.69 Å². The van der Waals surface area contributed by atoms with E-state index in [1.54, 1.807) is 67.0 Å². The highest BCUT2D eigenvalue weighted by atomic mass is 16.6. The van der Waals surface area contributed by atoms with E-state index in [0.29, 0.717) is 47.1 Å². The number of pyridine rings is 1. The van der Waals surface area contributed by atoms with Crippen molar-refractivity contribution >= 4 is 23.1 Å². The molecule has 162 valence electrons. The van der Waals surface area contributed by atoms with Gasteiger partial charge in [0, 0.05) is 23.6 Å². The smallest absolute Gasteiger partial charge is 0.300 e. The lowest BCUT2D eigenvalue weighted by molar-refractivity contribution is -0.132. The SMILES string of the molecule is N#Cc1ccc(N2C(=O)C(=O)/C(=C(\O)c3ccc4c(c3)OCCO4)C2c2cccnc2)cc1. The number of Topliss-reactive ketones (excluding diaryl/α,β-unsaturated/α-hetero) is 1. The monoisotopic (exact) mass is 439 g/mol. The number of aromatic nitrogens is 1. The van der Waals surface area contributed by atoms with Crippen LogP contribution < -0.4 is 14.4 Å². The van der Waals surface area contributed by atoms with Crippen LogP contribution in [0.15, 0.2) is 72.6 Å². The first-order valence-corrected chi connectivity index (χ1v) is 10.2. The summed E-state index contributed by atoms with van der Waals surface area (Å²) in [7, 11) is 0. The number of aliphatic hydroxyl groups excluding tert-OH is 1. The highest BCUT2D eigenvalue weighted by Crippen LogP contribution is 2.43. The molecule has 0 aliphatic carbocycles. The Bertz CT molecular complexity index is 1330. The molecule has 8 heteroatoms. The zero-order chi connectivity index (χ0) is 22.9. The van der Waals surface area contributed by atoms with Crippen LogP contribution in [0.25, 0.3) is 5.76 Å². The number of anilines is 1. The summed E-state index contributed by atoms with van der Waals surface area (Å²) in [6.07, 6.45) is 3.13. The van der Waals surface area contributed by atoms with Gasteiger partial charge in [0.1, 0.15) is 19.0 Å². The van der Waals surface area contributed by atoms with Crippen molar-refractivity contribution in [2.24, 2.45) is 0 Å². The maximum atomic E-state index is 13.2. The number of ketones is 1. The summed E-state index contributed by atoms with van der Waals surface area (Å²) < 4.78 is 11.1. The number of amides is 1. The van der Waals surface area contributed by atoms with E-state index in [2.05, 4.69) is 4.98 Å². The minimum absolute atomic E-state index is 0.0611. The molecule has 3 heterocycles. The highest BCUT2D eigenvalue weighted by molar-refractivity contribution is 6.51.